The lowest BCUT2D eigenvalue weighted by atomic mass is 10.1. The molecule has 1 atom stereocenters. The summed E-state index contributed by atoms with van der Waals surface area (Å²) in [5, 5.41) is 0. The molecule has 0 unspecified atom stereocenters. The Hall–Kier alpha value is -2.09. The van der Waals surface area contributed by atoms with E-state index in [2.05, 4.69) is 4.74 Å². The van der Waals surface area contributed by atoms with Gasteiger partial charge in [-0.15, -0.1) is 0 Å². The SMILES string of the molecule is COC(=O)[C@H](C)N1CCN(C(=O)c2cccc(C(F)(F)F)c2)CC1. The molecule has 1 aromatic carbocycles. The molecule has 0 saturated carbocycles. The van der Waals surface area contributed by atoms with Crippen LogP contribution in [0.1, 0.15) is 22.8 Å². The summed E-state index contributed by atoms with van der Waals surface area (Å²) in [7, 11) is 1.31. The highest BCUT2D eigenvalue weighted by atomic mass is 19.4. The Kier molecular flexibility index (Phi) is 5.48. The second kappa shape index (κ2) is 7.21. The van der Waals surface area contributed by atoms with Crippen molar-refractivity contribution in [2.75, 3.05) is 33.3 Å². The average Bonchev–Trinajstić information content (AvgIpc) is 2.59. The fourth-order valence-corrected chi connectivity index (χ4v) is 2.64. The van der Waals surface area contributed by atoms with Gasteiger partial charge >= 0.3 is 12.1 Å². The summed E-state index contributed by atoms with van der Waals surface area (Å²) < 4.78 is 42.9. The summed E-state index contributed by atoms with van der Waals surface area (Å²) in [6.07, 6.45) is -4.48. The molecule has 132 valence electrons. The summed E-state index contributed by atoms with van der Waals surface area (Å²) >= 11 is 0. The van der Waals surface area contributed by atoms with Crippen molar-refractivity contribution >= 4 is 11.9 Å². The molecular formula is C16H19F3N2O3. The first-order valence-corrected chi connectivity index (χ1v) is 7.52. The number of alkyl halides is 3. The maximum atomic E-state index is 12.7. The summed E-state index contributed by atoms with van der Waals surface area (Å²) in [6.45, 7) is 3.32. The van der Waals surface area contributed by atoms with Crippen molar-refractivity contribution in [2.45, 2.75) is 19.1 Å². The lowest BCUT2D eigenvalue weighted by Crippen LogP contribution is -2.53. The first-order chi connectivity index (χ1) is 11.2. The number of benzene rings is 1. The van der Waals surface area contributed by atoms with Crippen molar-refractivity contribution in [3.63, 3.8) is 0 Å². The van der Waals surface area contributed by atoms with Gasteiger partial charge in [0.2, 0.25) is 0 Å². The third-order valence-electron chi connectivity index (χ3n) is 4.13. The third-order valence-corrected chi connectivity index (χ3v) is 4.13. The first-order valence-electron chi connectivity index (χ1n) is 7.52. The van der Waals surface area contributed by atoms with Gasteiger partial charge in [-0.1, -0.05) is 6.07 Å². The van der Waals surface area contributed by atoms with E-state index in [9.17, 15) is 22.8 Å². The Bertz CT molecular complexity index is 611. The van der Waals surface area contributed by atoms with Crippen LogP contribution in [0.4, 0.5) is 13.2 Å². The molecule has 2 rings (SSSR count). The largest absolute Gasteiger partial charge is 0.468 e. The number of esters is 1. The Balaban J connectivity index is 2.02. The molecule has 0 spiro atoms. The van der Waals surface area contributed by atoms with E-state index in [1.54, 1.807) is 6.92 Å². The second-order valence-electron chi connectivity index (χ2n) is 5.61. The van der Waals surface area contributed by atoms with Gasteiger partial charge in [0.25, 0.3) is 5.91 Å². The topological polar surface area (TPSA) is 49.9 Å². The van der Waals surface area contributed by atoms with Gasteiger partial charge in [-0.25, -0.2) is 0 Å². The number of hydrogen-bond donors (Lipinski definition) is 0. The van der Waals surface area contributed by atoms with Gasteiger partial charge in [0, 0.05) is 31.7 Å². The van der Waals surface area contributed by atoms with Crippen molar-refractivity contribution in [1.82, 2.24) is 9.80 Å². The van der Waals surface area contributed by atoms with E-state index in [0.29, 0.717) is 26.2 Å². The highest BCUT2D eigenvalue weighted by molar-refractivity contribution is 5.94. The van der Waals surface area contributed by atoms with Crippen LogP contribution in [0.15, 0.2) is 24.3 Å². The van der Waals surface area contributed by atoms with Crippen LogP contribution < -0.4 is 0 Å². The summed E-state index contributed by atoms with van der Waals surface area (Å²) in [5.41, 5.74) is -0.828. The molecule has 1 heterocycles. The zero-order valence-corrected chi connectivity index (χ0v) is 13.5. The van der Waals surface area contributed by atoms with E-state index in [0.717, 1.165) is 12.1 Å². The molecule has 1 saturated heterocycles. The van der Waals surface area contributed by atoms with Crippen LogP contribution in [0.25, 0.3) is 0 Å². The van der Waals surface area contributed by atoms with Crippen molar-refractivity contribution in [3.05, 3.63) is 35.4 Å². The zero-order valence-electron chi connectivity index (χ0n) is 13.5. The van der Waals surface area contributed by atoms with Crippen LogP contribution >= 0.6 is 0 Å². The molecule has 0 bridgehead atoms. The smallest absolute Gasteiger partial charge is 0.416 e. The van der Waals surface area contributed by atoms with Gasteiger partial charge in [0.15, 0.2) is 0 Å². The van der Waals surface area contributed by atoms with Gasteiger partial charge in [0.05, 0.1) is 12.7 Å². The van der Waals surface area contributed by atoms with Crippen LogP contribution in [-0.4, -0.2) is 61.0 Å². The molecule has 1 fully saturated rings. The van der Waals surface area contributed by atoms with Crippen LogP contribution in [-0.2, 0) is 15.7 Å². The summed E-state index contributed by atoms with van der Waals surface area (Å²) in [5.74, 6) is -0.792. The van der Waals surface area contributed by atoms with Gasteiger partial charge < -0.3 is 9.64 Å². The van der Waals surface area contributed by atoms with Crippen LogP contribution in [0.2, 0.25) is 0 Å². The van der Waals surface area contributed by atoms with Gasteiger partial charge in [-0.2, -0.15) is 13.2 Å². The molecule has 24 heavy (non-hydrogen) atoms. The number of halogens is 3. The fraction of sp³-hybridized carbons (Fsp3) is 0.500. The number of amides is 1. The quantitative estimate of drug-likeness (QED) is 0.788. The normalized spacial score (nSPS) is 17.5. The van der Waals surface area contributed by atoms with E-state index in [1.165, 1.54) is 24.1 Å². The molecule has 5 nitrogen and oxygen atoms in total. The standard InChI is InChI=1S/C16H19F3N2O3/c1-11(15(23)24-2)20-6-8-21(9-7-20)14(22)12-4-3-5-13(10-12)16(17,18)19/h3-5,10-11H,6-9H2,1-2H3/t11-/m0/s1. The molecule has 0 aromatic heterocycles. The van der Waals surface area contributed by atoms with Crippen LogP contribution in [0.3, 0.4) is 0 Å². The zero-order chi connectivity index (χ0) is 17.9. The Morgan fingerprint density at radius 2 is 1.79 bits per heavy atom. The van der Waals surface area contributed by atoms with E-state index < -0.39 is 23.7 Å². The highest BCUT2D eigenvalue weighted by Crippen LogP contribution is 2.29. The summed E-state index contributed by atoms with van der Waals surface area (Å²) in [4.78, 5) is 27.3. The Labute approximate surface area is 138 Å². The van der Waals surface area contributed by atoms with Crippen LogP contribution in [0, 0.1) is 0 Å². The Morgan fingerprint density at radius 3 is 2.33 bits per heavy atom. The number of carbonyl (C=O) groups is 2. The van der Waals surface area contributed by atoms with Gasteiger partial charge in [-0.3, -0.25) is 14.5 Å². The molecule has 0 N–H and O–H groups in total. The number of carbonyl (C=O) groups excluding carboxylic acids is 2. The maximum Gasteiger partial charge on any atom is 0.416 e. The fourth-order valence-electron chi connectivity index (χ4n) is 2.64. The van der Waals surface area contributed by atoms with Gasteiger partial charge in [0.1, 0.15) is 6.04 Å². The molecule has 0 aliphatic carbocycles. The van der Waals surface area contributed by atoms with Crippen molar-refractivity contribution in [1.29, 1.82) is 0 Å². The second-order valence-corrected chi connectivity index (χ2v) is 5.61. The van der Waals surface area contributed by atoms with Crippen LogP contribution in [0.5, 0.6) is 0 Å². The average molecular weight is 344 g/mol. The van der Waals surface area contributed by atoms with Crippen molar-refractivity contribution in [3.8, 4) is 0 Å². The van der Waals surface area contributed by atoms with E-state index >= 15 is 0 Å². The molecule has 8 heteroatoms. The minimum Gasteiger partial charge on any atom is -0.468 e. The van der Waals surface area contributed by atoms with Crippen molar-refractivity contribution < 1.29 is 27.5 Å². The minimum absolute atomic E-state index is 0.0132. The molecular weight excluding hydrogens is 325 g/mol. The molecule has 1 aromatic rings. The molecule has 1 aliphatic heterocycles. The first kappa shape index (κ1) is 18.3. The molecule has 1 amide bonds. The Morgan fingerprint density at radius 1 is 1.17 bits per heavy atom. The predicted octanol–water partition coefficient (Wildman–Crippen LogP) is 2.02. The lowest BCUT2D eigenvalue weighted by molar-refractivity contribution is -0.146. The highest BCUT2D eigenvalue weighted by Gasteiger charge is 2.32. The van der Waals surface area contributed by atoms with Crippen molar-refractivity contribution in [2.24, 2.45) is 0 Å². The lowest BCUT2D eigenvalue weighted by Gasteiger charge is -2.37. The minimum atomic E-state index is -4.48. The number of methoxy groups -OCH3 is 1. The molecule has 1 aliphatic rings. The van der Waals surface area contributed by atoms with E-state index in [1.807, 2.05) is 4.90 Å². The van der Waals surface area contributed by atoms with E-state index in [4.69, 9.17) is 0 Å². The number of ether oxygens (including phenoxy) is 1. The van der Waals surface area contributed by atoms with E-state index in [-0.39, 0.29) is 11.5 Å². The number of hydrogen-bond acceptors (Lipinski definition) is 4. The summed E-state index contributed by atoms with van der Waals surface area (Å²) in [6, 6.07) is 3.99. The number of piperazine rings is 1. The molecule has 0 radical (unpaired) electrons. The number of nitrogens with zero attached hydrogens (tertiary/aromatic N) is 2. The van der Waals surface area contributed by atoms with Gasteiger partial charge in [-0.05, 0) is 25.1 Å². The number of rotatable bonds is 3. The maximum absolute atomic E-state index is 12.7. The third kappa shape index (κ3) is 4.05. The monoisotopic (exact) mass is 344 g/mol. The predicted molar refractivity (Wildman–Crippen MR) is 80.4 cm³/mol.